The molecule has 1 aliphatic rings. The fourth-order valence-electron chi connectivity index (χ4n) is 2.64. The van der Waals surface area contributed by atoms with Crippen LogP contribution in [-0.4, -0.2) is 41.7 Å². The SMILES string of the molecule is CCCNCc1c(N2CCOCC2C)nc2sccn12. The van der Waals surface area contributed by atoms with Gasteiger partial charge in [-0.3, -0.25) is 4.40 Å². The van der Waals surface area contributed by atoms with Crippen molar-refractivity contribution < 1.29 is 4.74 Å². The molecule has 1 atom stereocenters. The van der Waals surface area contributed by atoms with Crippen molar-refractivity contribution in [2.24, 2.45) is 0 Å². The first-order valence-electron chi connectivity index (χ1n) is 7.30. The normalized spacial score (nSPS) is 19.9. The summed E-state index contributed by atoms with van der Waals surface area (Å²) in [7, 11) is 0. The van der Waals surface area contributed by atoms with Crippen LogP contribution in [0.1, 0.15) is 26.0 Å². The zero-order chi connectivity index (χ0) is 13.9. The number of morpholine rings is 1. The van der Waals surface area contributed by atoms with E-state index in [0.717, 1.165) is 50.0 Å². The fourth-order valence-corrected chi connectivity index (χ4v) is 3.37. The number of rotatable bonds is 5. The van der Waals surface area contributed by atoms with Gasteiger partial charge in [0.25, 0.3) is 0 Å². The maximum absolute atomic E-state index is 5.54. The van der Waals surface area contributed by atoms with Crippen molar-refractivity contribution in [3.63, 3.8) is 0 Å². The Kier molecular flexibility index (Phi) is 4.24. The number of aromatic nitrogens is 2. The van der Waals surface area contributed by atoms with E-state index >= 15 is 0 Å². The lowest BCUT2D eigenvalue weighted by atomic mass is 10.2. The summed E-state index contributed by atoms with van der Waals surface area (Å²) in [4.78, 5) is 8.29. The summed E-state index contributed by atoms with van der Waals surface area (Å²) in [5.74, 6) is 1.12. The largest absolute Gasteiger partial charge is 0.377 e. The molecule has 2 aromatic heterocycles. The average molecular weight is 294 g/mol. The maximum Gasteiger partial charge on any atom is 0.195 e. The number of imidazole rings is 1. The molecule has 0 aromatic carbocycles. The third-order valence-electron chi connectivity index (χ3n) is 3.70. The van der Waals surface area contributed by atoms with E-state index in [9.17, 15) is 0 Å². The highest BCUT2D eigenvalue weighted by Gasteiger charge is 2.25. The van der Waals surface area contributed by atoms with Crippen molar-refractivity contribution in [2.45, 2.75) is 32.9 Å². The van der Waals surface area contributed by atoms with Crippen LogP contribution in [0.3, 0.4) is 0 Å². The minimum absolute atomic E-state index is 0.387. The highest BCUT2D eigenvalue weighted by Crippen LogP contribution is 2.27. The molecule has 0 radical (unpaired) electrons. The molecular weight excluding hydrogens is 272 g/mol. The number of anilines is 1. The van der Waals surface area contributed by atoms with Gasteiger partial charge >= 0.3 is 0 Å². The van der Waals surface area contributed by atoms with Gasteiger partial charge in [-0.15, -0.1) is 11.3 Å². The molecule has 1 aliphatic heterocycles. The fraction of sp³-hybridized carbons (Fsp3) is 0.643. The van der Waals surface area contributed by atoms with Gasteiger partial charge in [0.2, 0.25) is 0 Å². The van der Waals surface area contributed by atoms with Gasteiger partial charge < -0.3 is 15.0 Å². The summed E-state index contributed by atoms with van der Waals surface area (Å²) < 4.78 is 7.75. The molecular formula is C14H22N4OS. The van der Waals surface area contributed by atoms with E-state index in [2.05, 4.69) is 40.0 Å². The molecule has 0 bridgehead atoms. The molecule has 3 rings (SSSR count). The second-order valence-electron chi connectivity index (χ2n) is 5.23. The first kappa shape index (κ1) is 13.9. The summed E-state index contributed by atoms with van der Waals surface area (Å²) in [5.41, 5.74) is 1.27. The summed E-state index contributed by atoms with van der Waals surface area (Å²) in [6.45, 7) is 8.79. The van der Waals surface area contributed by atoms with Crippen LogP contribution < -0.4 is 10.2 Å². The highest BCUT2D eigenvalue weighted by atomic mass is 32.1. The van der Waals surface area contributed by atoms with Crippen LogP contribution in [0.25, 0.3) is 4.96 Å². The minimum Gasteiger partial charge on any atom is -0.377 e. The molecule has 0 spiro atoms. The monoisotopic (exact) mass is 294 g/mol. The smallest absolute Gasteiger partial charge is 0.195 e. The Morgan fingerprint density at radius 2 is 2.45 bits per heavy atom. The third-order valence-corrected chi connectivity index (χ3v) is 4.46. The van der Waals surface area contributed by atoms with Crippen LogP contribution in [0.2, 0.25) is 0 Å². The van der Waals surface area contributed by atoms with E-state index in [4.69, 9.17) is 9.72 Å². The zero-order valence-corrected chi connectivity index (χ0v) is 12.9. The number of nitrogens with zero attached hydrogens (tertiary/aromatic N) is 3. The average Bonchev–Trinajstić information content (AvgIpc) is 3.02. The van der Waals surface area contributed by atoms with Crippen molar-refractivity contribution in [3.8, 4) is 0 Å². The molecule has 1 saturated heterocycles. The summed E-state index contributed by atoms with van der Waals surface area (Å²) in [5, 5.41) is 5.60. The molecule has 20 heavy (non-hydrogen) atoms. The molecule has 2 aromatic rings. The van der Waals surface area contributed by atoms with Crippen LogP contribution >= 0.6 is 11.3 Å². The summed E-state index contributed by atoms with van der Waals surface area (Å²) in [6.07, 6.45) is 3.26. The van der Waals surface area contributed by atoms with Gasteiger partial charge in [0, 0.05) is 24.7 Å². The number of ether oxygens (including phenoxy) is 1. The molecule has 1 N–H and O–H groups in total. The Bertz CT molecular complexity index is 565. The molecule has 0 aliphatic carbocycles. The molecule has 3 heterocycles. The van der Waals surface area contributed by atoms with E-state index < -0.39 is 0 Å². The van der Waals surface area contributed by atoms with Crippen molar-refractivity contribution in [1.82, 2.24) is 14.7 Å². The lowest BCUT2D eigenvalue weighted by molar-refractivity contribution is 0.0985. The van der Waals surface area contributed by atoms with Crippen LogP contribution in [0.4, 0.5) is 5.82 Å². The maximum atomic E-state index is 5.54. The van der Waals surface area contributed by atoms with Gasteiger partial charge in [0.1, 0.15) is 0 Å². The van der Waals surface area contributed by atoms with Crippen molar-refractivity contribution >= 4 is 22.1 Å². The van der Waals surface area contributed by atoms with Crippen LogP contribution in [-0.2, 0) is 11.3 Å². The van der Waals surface area contributed by atoms with E-state index in [1.807, 2.05) is 0 Å². The number of nitrogens with one attached hydrogen (secondary N) is 1. The lowest BCUT2D eigenvalue weighted by Crippen LogP contribution is -2.44. The molecule has 5 nitrogen and oxygen atoms in total. The Balaban J connectivity index is 1.91. The van der Waals surface area contributed by atoms with Crippen molar-refractivity contribution in [3.05, 3.63) is 17.3 Å². The second kappa shape index (κ2) is 6.11. The van der Waals surface area contributed by atoms with Gasteiger partial charge in [-0.05, 0) is 19.9 Å². The molecule has 110 valence electrons. The number of hydrogen-bond donors (Lipinski definition) is 1. The first-order chi connectivity index (χ1) is 9.81. The molecule has 0 saturated carbocycles. The van der Waals surface area contributed by atoms with Crippen LogP contribution in [0.5, 0.6) is 0 Å². The van der Waals surface area contributed by atoms with E-state index in [1.54, 1.807) is 11.3 Å². The summed E-state index contributed by atoms with van der Waals surface area (Å²) in [6, 6.07) is 0.387. The molecule has 1 fully saturated rings. The van der Waals surface area contributed by atoms with E-state index in [0.29, 0.717) is 6.04 Å². The number of hydrogen-bond acceptors (Lipinski definition) is 5. The predicted octanol–water partition coefficient (Wildman–Crippen LogP) is 2.12. The molecule has 1 unspecified atom stereocenters. The standard InChI is InChI=1S/C14H22N4OS/c1-3-4-15-9-12-13(16-14-18(12)6-8-20-14)17-5-7-19-10-11(17)2/h6,8,11,15H,3-5,7,9-10H2,1-2H3. The van der Waals surface area contributed by atoms with Crippen LogP contribution in [0, 0.1) is 0 Å². The summed E-state index contributed by atoms with van der Waals surface area (Å²) >= 11 is 1.69. The predicted molar refractivity (Wildman–Crippen MR) is 82.7 cm³/mol. The third kappa shape index (κ3) is 2.55. The van der Waals surface area contributed by atoms with Crippen LogP contribution in [0.15, 0.2) is 11.6 Å². The van der Waals surface area contributed by atoms with Gasteiger partial charge in [0.05, 0.1) is 24.9 Å². The van der Waals surface area contributed by atoms with E-state index in [-0.39, 0.29) is 0 Å². The quantitative estimate of drug-likeness (QED) is 0.858. The Labute approximate surface area is 123 Å². The van der Waals surface area contributed by atoms with Gasteiger partial charge in [-0.25, -0.2) is 4.98 Å². The van der Waals surface area contributed by atoms with Gasteiger partial charge in [-0.2, -0.15) is 0 Å². The highest BCUT2D eigenvalue weighted by molar-refractivity contribution is 7.15. The van der Waals surface area contributed by atoms with E-state index in [1.165, 1.54) is 5.69 Å². The molecule has 0 amide bonds. The zero-order valence-electron chi connectivity index (χ0n) is 12.1. The van der Waals surface area contributed by atoms with Crippen molar-refractivity contribution in [1.29, 1.82) is 0 Å². The number of fused-ring (bicyclic) bond motifs is 1. The Morgan fingerprint density at radius 1 is 1.55 bits per heavy atom. The van der Waals surface area contributed by atoms with Gasteiger partial charge in [0.15, 0.2) is 10.8 Å². The number of thiazole rings is 1. The Morgan fingerprint density at radius 3 is 3.25 bits per heavy atom. The first-order valence-corrected chi connectivity index (χ1v) is 8.18. The Hall–Kier alpha value is -1.11. The lowest BCUT2D eigenvalue weighted by Gasteiger charge is -2.34. The molecule has 6 heteroatoms. The minimum atomic E-state index is 0.387. The van der Waals surface area contributed by atoms with Gasteiger partial charge in [-0.1, -0.05) is 6.92 Å². The van der Waals surface area contributed by atoms with Crippen molar-refractivity contribution in [2.75, 3.05) is 31.2 Å². The second-order valence-corrected chi connectivity index (χ2v) is 6.10. The topological polar surface area (TPSA) is 41.8 Å².